The van der Waals surface area contributed by atoms with Gasteiger partial charge in [0.2, 0.25) is 0 Å². The molecule has 0 amide bonds. The largest absolute Gasteiger partial charge is 0.388 e. The van der Waals surface area contributed by atoms with Gasteiger partial charge in [0.1, 0.15) is 12.2 Å². The zero-order chi connectivity index (χ0) is 10.9. The molecule has 0 spiro atoms. The molecule has 1 aliphatic heterocycles. The van der Waals surface area contributed by atoms with E-state index in [1.54, 1.807) is 0 Å². The lowest BCUT2D eigenvalue weighted by atomic mass is 9.87. The molecule has 0 aromatic heterocycles. The second-order valence-electron chi connectivity index (χ2n) is 5.37. The number of aliphatic hydroxyl groups excluding tert-OH is 2. The zero-order valence-corrected chi connectivity index (χ0v) is 9.53. The van der Waals surface area contributed by atoms with Crippen LogP contribution in [0.1, 0.15) is 40.5 Å². The highest BCUT2D eigenvalue weighted by Gasteiger charge is 2.42. The molecule has 0 aromatic carbocycles. The first-order chi connectivity index (χ1) is 6.35. The zero-order valence-electron chi connectivity index (χ0n) is 9.53. The van der Waals surface area contributed by atoms with Crippen LogP contribution in [0.25, 0.3) is 0 Å². The molecule has 0 saturated carbocycles. The average Bonchev–Trinajstić information content (AvgIpc) is 2.30. The molecular weight excluding hydrogens is 180 g/mol. The predicted molar refractivity (Wildman–Crippen MR) is 55.0 cm³/mol. The summed E-state index contributed by atoms with van der Waals surface area (Å²) in [7, 11) is 0. The molecule has 1 heterocycles. The van der Waals surface area contributed by atoms with Crippen LogP contribution in [0.2, 0.25) is 0 Å². The predicted octanol–water partition coefficient (Wildman–Crippen LogP) is 1.32. The van der Waals surface area contributed by atoms with E-state index in [1.165, 1.54) is 0 Å². The molecular formula is C11H22O3. The molecule has 1 aliphatic rings. The summed E-state index contributed by atoms with van der Waals surface area (Å²) in [6.07, 6.45) is -0.320. The summed E-state index contributed by atoms with van der Waals surface area (Å²) in [6.45, 7) is 8.28. The van der Waals surface area contributed by atoms with Crippen molar-refractivity contribution >= 4 is 0 Å². The maximum atomic E-state index is 9.75. The van der Waals surface area contributed by atoms with Gasteiger partial charge in [-0.3, -0.25) is 0 Å². The lowest BCUT2D eigenvalue weighted by molar-refractivity contribution is -0.0133. The number of rotatable bonds is 2. The SMILES string of the molecule is CCC1OC(CC(C)(C)C)C(O)C1O. The Morgan fingerprint density at radius 2 is 1.57 bits per heavy atom. The van der Waals surface area contributed by atoms with Gasteiger partial charge in [-0.05, 0) is 18.3 Å². The van der Waals surface area contributed by atoms with Gasteiger partial charge < -0.3 is 14.9 Å². The van der Waals surface area contributed by atoms with Crippen LogP contribution in [0.3, 0.4) is 0 Å². The standard InChI is InChI=1S/C11H22O3/c1-5-7-9(12)10(13)8(14-7)6-11(2,3)4/h7-10,12-13H,5-6H2,1-4H3. The quantitative estimate of drug-likeness (QED) is 0.710. The molecule has 0 aliphatic carbocycles. The van der Waals surface area contributed by atoms with Gasteiger partial charge in [0.05, 0.1) is 12.2 Å². The van der Waals surface area contributed by atoms with Crippen molar-refractivity contribution < 1.29 is 14.9 Å². The first kappa shape index (κ1) is 12.0. The van der Waals surface area contributed by atoms with E-state index in [0.29, 0.717) is 0 Å². The lowest BCUT2D eigenvalue weighted by Crippen LogP contribution is -2.33. The van der Waals surface area contributed by atoms with Gasteiger partial charge in [-0.1, -0.05) is 27.7 Å². The third-order valence-electron chi connectivity index (χ3n) is 2.68. The van der Waals surface area contributed by atoms with Crippen molar-refractivity contribution in [2.45, 2.75) is 65.0 Å². The smallest absolute Gasteiger partial charge is 0.109 e. The van der Waals surface area contributed by atoms with Crippen molar-refractivity contribution in [3.8, 4) is 0 Å². The minimum absolute atomic E-state index is 0.119. The monoisotopic (exact) mass is 202 g/mol. The molecule has 0 radical (unpaired) electrons. The van der Waals surface area contributed by atoms with Crippen LogP contribution in [0.4, 0.5) is 0 Å². The lowest BCUT2D eigenvalue weighted by Gasteiger charge is -2.24. The minimum Gasteiger partial charge on any atom is -0.388 e. The summed E-state index contributed by atoms with van der Waals surface area (Å²) in [5.74, 6) is 0. The normalized spacial score (nSPS) is 39.0. The topological polar surface area (TPSA) is 49.7 Å². The van der Waals surface area contributed by atoms with Crippen LogP contribution >= 0.6 is 0 Å². The van der Waals surface area contributed by atoms with Crippen molar-refractivity contribution in [1.29, 1.82) is 0 Å². The highest BCUT2D eigenvalue weighted by atomic mass is 16.5. The Labute approximate surface area is 86.1 Å². The average molecular weight is 202 g/mol. The van der Waals surface area contributed by atoms with Crippen LogP contribution in [0, 0.1) is 5.41 Å². The minimum atomic E-state index is -0.723. The van der Waals surface area contributed by atoms with Gasteiger partial charge >= 0.3 is 0 Å². The molecule has 1 saturated heterocycles. The van der Waals surface area contributed by atoms with Gasteiger partial charge in [-0.15, -0.1) is 0 Å². The van der Waals surface area contributed by atoms with Gasteiger partial charge in [0.25, 0.3) is 0 Å². The molecule has 0 aromatic rings. The third-order valence-corrected chi connectivity index (χ3v) is 2.68. The van der Waals surface area contributed by atoms with Crippen LogP contribution in [0.5, 0.6) is 0 Å². The Morgan fingerprint density at radius 3 is 1.93 bits per heavy atom. The van der Waals surface area contributed by atoms with Crippen molar-refractivity contribution in [1.82, 2.24) is 0 Å². The van der Waals surface area contributed by atoms with Gasteiger partial charge in [0, 0.05) is 0 Å². The van der Waals surface area contributed by atoms with E-state index in [9.17, 15) is 10.2 Å². The Hall–Kier alpha value is -0.120. The molecule has 84 valence electrons. The van der Waals surface area contributed by atoms with Crippen LogP contribution in [0.15, 0.2) is 0 Å². The fourth-order valence-electron chi connectivity index (χ4n) is 1.94. The van der Waals surface area contributed by atoms with E-state index in [2.05, 4.69) is 20.8 Å². The van der Waals surface area contributed by atoms with Crippen molar-refractivity contribution in [2.75, 3.05) is 0 Å². The molecule has 0 bridgehead atoms. The molecule has 14 heavy (non-hydrogen) atoms. The Bertz CT molecular complexity index is 185. The molecule has 3 nitrogen and oxygen atoms in total. The maximum absolute atomic E-state index is 9.75. The first-order valence-corrected chi connectivity index (χ1v) is 5.36. The molecule has 4 unspecified atom stereocenters. The number of hydrogen-bond acceptors (Lipinski definition) is 3. The summed E-state index contributed by atoms with van der Waals surface area (Å²) in [6, 6.07) is 0. The summed E-state index contributed by atoms with van der Waals surface area (Å²) in [4.78, 5) is 0. The van der Waals surface area contributed by atoms with Crippen molar-refractivity contribution in [2.24, 2.45) is 5.41 Å². The maximum Gasteiger partial charge on any atom is 0.109 e. The van der Waals surface area contributed by atoms with Crippen molar-refractivity contribution in [3.63, 3.8) is 0 Å². The van der Waals surface area contributed by atoms with Crippen LogP contribution in [-0.2, 0) is 4.74 Å². The third kappa shape index (κ3) is 2.69. The second-order valence-corrected chi connectivity index (χ2v) is 5.37. The fraction of sp³-hybridized carbons (Fsp3) is 1.00. The second kappa shape index (κ2) is 4.17. The van der Waals surface area contributed by atoms with E-state index in [1.807, 2.05) is 6.92 Å². The summed E-state index contributed by atoms with van der Waals surface area (Å²) < 4.78 is 5.61. The van der Waals surface area contributed by atoms with E-state index in [0.717, 1.165) is 12.8 Å². The summed E-state index contributed by atoms with van der Waals surface area (Å²) in [5.41, 5.74) is 0.119. The van der Waals surface area contributed by atoms with Crippen LogP contribution < -0.4 is 0 Å². The molecule has 1 rings (SSSR count). The highest BCUT2D eigenvalue weighted by Crippen LogP contribution is 2.31. The summed E-state index contributed by atoms with van der Waals surface area (Å²) in [5, 5.41) is 19.4. The van der Waals surface area contributed by atoms with Crippen molar-refractivity contribution in [3.05, 3.63) is 0 Å². The van der Waals surface area contributed by atoms with E-state index in [4.69, 9.17) is 4.74 Å². The fourth-order valence-corrected chi connectivity index (χ4v) is 1.94. The van der Waals surface area contributed by atoms with Gasteiger partial charge in [0.15, 0.2) is 0 Å². The number of ether oxygens (including phenoxy) is 1. The number of hydrogen-bond donors (Lipinski definition) is 2. The van der Waals surface area contributed by atoms with Crippen LogP contribution in [-0.4, -0.2) is 34.6 Å². The summed E-state index contributed by atoms with van der Waals surface area (Å²) >= 11 is 0. The Balaban J connectivity index is 2.57. The van der Waals surface area contributed by atoms with E-state index in [-0.39, 0.29) is 17.6 Å². The molecule has 3 heteroatoms. The van der Waals surface area contributed by atoms with Gasteiger partial charge in [-0.25, -0.2) is 0 Å². The highest BCUT2D eigenvalue weighted by molar-refractivity contribution is 4.91. The Morgan fingerprint density at radius 1 is 1.07 bits per heavy atom. The molecule has 2 N–H and O–H groups in total. The van der Waals surface area contributed by atoms with E-state index >= 15 is 0 Å². The van der Waals surface area contributed by atoms with E-state index < -0.39 is 12.2 Å². The molecule has 1 fully saturated rings. The first-order valence-electron chi connectivity index (χ1n) is 5.36. The molecule has 4 atom stereocenters. The van der Waals surface area contributed by atoms with Gasteiger partial charge in [-0.2, -0.15) is 0 Å². The number of aliphatic hydroxyl groups is 2. The Kier molecular flexibility index (Phi) is 3.56.